The molecule has 128 valence electrons. The monoisotopic (exact) mass is 325 g/mol. The Kier molecular flexibility index (Phi) is 6.24. The first-order valence-corrected chi connectivity index (χ1v) is 7.29. The number of phenolic OH excluding ortho intramolecular Hbond substituents is 1. The molecule has 1 aromatic rings. The van der Waals surface area contributed by atoms with Gasteiger partial charge in [-0.3, -0.25) is 0 Å². The highest BCUT2D eigenvalue weighted by Gasteiger charge is 2.24. The Morgan fingerprint density at radius 1 is 1.30 bits per heavy atom. The molecule has 0 heterocycles. The molecule has 0 radical (unpaired) electrons. The minimum atomic E-state index is -1.18. The molecule has 1 aromatic carbocycles. The summed E-state index contributed by atoms with van der Waals surface area (Å²) < 4.78 is 10.3. The summed E-state index contributed by atoms with van der Waals surface area (Å²) in [7, 11) is 0. The number of carbonyl (C=O) groups is 2. The molecule has 0 saturated carbocycles. The molecule has 7 heteroatoms. The number of carboxylic acid groups (broad SMARTS) is 1. The molecule has 0 spiro atoms. The van der Waals surface area contributed by atoms with Gasteiger partial charge in [-0.2, -0.15) is 0 Å². The van der Waals surface area contributed by atoms with E-state index in [0.717, 1.165) is 0 Å². The van der Waals surface area contributed by atoms with Gasteiger partial charge in [0.05, 0.1) is 6.61 Å². The van der Waals surface area contributed by atoms with Crippen molar-refractivity contribution in [2.75, 3.05) is 6.61 Å². The van der Waals surface area contributed by atoms with Crippen LogP contribution in [0, 0.1) is 0 Å². The van der Waals surface area contributed by atoms with E-state index in [4.69, 9.17) is 9.47 Å². The van der Waals surface area contributed by atoms with Gasteiger partial charge in [0.2, 0.25) is 0 Å². The van der Waals surface area contributed by atoms with Gasteiger partial charge in [-0.25, -0.2) is 9.59 Å². The number of carbonyl (C=O) groups excluding carboxylic acids is 1. The molecular formula is C16H23NO6. The van der Waals surface area contributed by atoms with Gasteiger partial charge in [-0.15, -0.1) is 0 Å². The zero-order valence-electron chi connectivity index (χ0n) is 13.8. The van der Waals surface area contributed by atoms with Crippen LogP contribution in [0.15, 0.2) is 18.2 Å². The Balaban J connectivity index is 2.82. The minimum Gasteiger partial charge on any atom is -0.504 e. The quantitative estimate of drug-likeness (QED) is 0.741. The molecule has 1 rings (SSSR count). The van der Waals surface area contributed by atoms with Crippen molar-refractivity contribution >= 4 is 12.1 Å². The Labute approximate surface area is 135 Å². The highest BCUT2D eigenvalue weighted by atomic mass is 16.6. The lowest BCUT2D eigenvalue weighted by Crippen LogP contribution is -2.44. The van der Waals surface area contributed by atoms with Gasteiger partial charge < -0.3 is 25.0 Å². The van der Waals surface area contributed by atoms with Crippen LogP contribution >= 0.6 is 0 Å². The summed E-state index contributed by atoms with van der Waals surface area (Å²) >= 11 is 0. The number of aliphatic carboxylic acids is 1. The third-order valence-electron chi connectivity index (χ3n) is 2.75. The van der Waals surface area contributed by atoms with Crippen molar-refractivity contribution in [1.29, 1.82) is 0 Å². The average molecular weight is 325 g/mol. The molecule has 1 unspecified atom stereocenters. The molecule has 0 fully saturated rings. The van der Waals surface area contributed by atoms with Gasteiger partial charge in [0.1, 0.15) is 11.6 Å². The van der Waals surface area contributed by atoms with Crippen molar-refractivity contribution in [3.05, 3.63) is 23.8 Å². The first kappa shape index (κ1) is 18.6. The van der Waals surface area contributed by atoms with E-state index in [2.05, 4.69) is 5.32 Å². The topological polar surface area (TPSA) is 105 Å². The molecule has 1 atom stereocenters. The second-order valence-corrected chi connectivity index (χ2v) is 5.98. The highest BCUT2D eigenvalue weighted by Crippen LogP contribution is 2.27. The van der Waals surface area contributed by atoms with Crippen LogP contribution in [-0.4, -0.2) is 40.5 Å². The zero-order chi connectivity index (χ0) is 17.6. The number of carboxylic acids is 1. The van der Waals surface area contributed by atoms with Crippen LogP contribution in [0.25, 0.3) is 0 Å². The van der Waals surface area contributed by atoms with Crippen molar-refractivity contribution in [3.63, 3.8) is 0 Å². The number of aromatic hydroxyl groups is 1. The minimum absolute atomic E-state index is 0.0254. The third kappa shape index (κ3) is 6.46. The lowest BCUT2D eigenvalue weighted by atomic mass is 10.1. The number of hydrogen-bond donors (Lipinski definition) is 3. The van der Waals surface area contributed by atoms with Gasteiger partial charge in [-0.05, 0) is 45.4 Å². The molecule has 1 amide bonds. The summed E-state index contributed by atoms with van der Waals surface area (Å²) in [4.78, 5) is 23.1. The number of rotatable bonds is 6. The fourth-order valence-corrected chi connectivity index (χ4v) is 1.84. The smallest absolute Gasteiger partial charge is 0.408 e. The summed E-state index contributed by atoms with van der Waals surface area (Å²) in [5, 5.41) is 21.2. The van der Waals surface area contributed by atoms with Gasteiger partial charge >= 0.3 is 12.1 Å². The SMILES string of the molecule is CCOc1cc(CC(NC(=O)OC(C)(C)C)C(=O)O)ccc1O. The maximum Gasteiger partial charge on any atom is 0.408 e. The first-order chi connectivity index (χ1) is 10.6. The molecule has 23 heavy (non-hydrogen) atoms. The van der Waals surface area contributed by atoms with Crippen LogP contribution in [0.3, 0.4) is 0 Å². The van der Waals surface area contributed by atoms with Crippen LogP contribution in [0.2, 0.25) is 0 Å². The molecule has 0 aliphatic rings. The fourth-order valence-electron chi connectivity index (χ4n) is 1.84. The van der Waals surface area contributed by atoms with E-state index in [1.165, 1.54) is 6.07 Å². The number of amides is 1. The van der Waals surface area contributed by atoms with E-state index >= 15 is 0 Å². The number of nitrogens with one attached hydrogen (secondary N) is 1. The van der Waals surface area contributed by atoms with Gasteiger partial charge in [0, 0.05) is 6.42 Å². The molecule has 0 aromatic heterocycles. The van der Waals surface area contributed by atoms with E-state index in [9.17, 15) is 19.8 Å². The Bertz CT molecular complexity index is 564. The first-order valence-electron chi connectivity index (χ1n) is 7.29. The number of ether oxygens (including phenoxy) is 2. The van der Waals surface area contributed by atoms with E-state index in [0.29, 0.717) is 12.2 Å². The zero-order valence-corrected chi connectivity index (χ0v) is 13.8. The molecular weight excluding hydrogens is 302 g/mol. The molecule has 3 N–H and O–H groups in total. The van der Waals surface area contributed by atoms with E-state index < -0.39 is 23.7 Å². The second-order valence-electron chi connectivity index (χ2n) is 5.98. The van der Waals surface area contributed by atoms with Crippen molar-refractivity contribution < 1.29 is 29.3 Å². The number of alkyl carbamates (subject to hydrolysis) is 1. The molecule has 0 saturated heterocycles. The molecule has 0 aliphatic heterocycles. The van der Waals surface area contributed by atoms with Crippen LogP contribution in [0.5, 0.6) is 11.5 Å². The predicted octanol–water partition coefficient (Wildman–Crippen LogP) is 2.31. The van der Waals surface area contributed by atoms with Gasteiger partial charge in [-0.1, -0.05) is 6.07 Å². The summed E-state index contributed by atoms with van der Waals surface area (Å²) in [5.41, 5.74) is -0.108. The average Bonchev–Trinajstić information content (AvgIpc) is 2.39. The second kappa shape index (κ2) is 7.71. The lowest BCUT2D eigenvalue weighted by Gasteiger charge is -2.22. The predicted molar refractivity (Wildman–Crippen MR) is 83.8 cm³/mol. The van der Waals surface area contributed by atoms with Gasteiger partial charge in [0.15, 0.2) is 11.5 Å². The number of benzene rings is 1. The number of phenols is 1. The highest BCUT2D eigenvalue weighted by molar-refractivity contribution is 5.80. The van der Waals surface area contributed by atoms with Crippen molar-refractivity contribution in [2.45, 2.75) is 45.8 Å². The van der Waals surface area contributed by atoms with Crippen LogP contribution in [0.1, 0.15) is 33.3 Å². The largest absolute Gasteiger partial charge is 0.504 e. The maximum absolute atomic E-state index is 11.7. The van der Waals surface area contributed by atoms with Crippen LogP contribution in [0.4, 0.5) is 4.79 Å². The van der Waals surface area contributed by atoms with Crippen LogP contribution in [-0.2, 0) is 16.0 Å². The number of hydrogen-bond acceptors (Lipinski definition) is 5. The molecule has 0 aliphatic carbocycles. The Hall–Kier alpha value is -2.44. The van der Waals surface area contributed by atoms with Crippen molar-refractivity contribution in [2.24, 2.45) is 0 Å². The molecule has 0 bridgehead atoms. The Morgan fingerprint density at radius 3 is 2.48 bits per heavy atom. The summed E-state index contributed by atoms with van der Waals surface area (Å²) in [5.74, 6) is -0.934. The standard InChI is InChI=1S/C16H23NO6/c1-5-22-13-9-10(6-7-12(13)18)8-11(14(19)20)17-15(21)23-16(2,3)4/h6-7,9,11,18H,5,8H2,1-4H3,(H,17,21)(H,19,20). The van der Waals surface area contributed by atoms with Gasteiger partial charge in [0.25, 0.3) is 0 Å². The lowest BCUT2D eigenvalue weighted by molar-refractivity contribution is -0.139. The van der Waals surface area contributed by atoms with Crippen molar-refractivity contribution in [1.82, 2.24) is 5.32 Å². The van der Waals surface area contributed by atoms with Crippen LogP contribution < -0.4 is 10.1 Å². The van der Waals surface area contributed by atoms with Crippen molar-refractivity contribution in [3.8, 4) is 11.5 Å². The molecule has 7 nitrogen and oxygen atoms in total. The maximum atomic E-state index is 11.7. The third-order valence-corrected chi connectivity index (χ3v) is 2.75. The van der Waals surface area contributed by atoms with E-state index in [1.807, 2.05) is 0 Å². The normalized spacial score (nSPS) is 12.3. The fraction of sp³-hybridized carbons (Fsp3) is 0.500. The summed E-state index contributed by atoms with van der Waals surface area (Å²) in [6, 6.07) is 3.40. The summed E-state index contributed by atoms with van der Waals surface area (Å²) in [6.07, 6.45) is -0.761. The van der Waals surface area contributed by atoms with E-state index in [-0.39, 0.29) is 17.9 Å². The Morgan fingerprint density at radius 2 is 1.96 bits per heavy atom. The van der Waals surface area contributed by atoms with E-state index in [1.54, 1.807) is 39.8 Å². The summed E-state index contributed by atoms with van der Waals surface area (Å²) in [6.45, 7) is 7.22.